The van der Waals surface area contributed by atoms with E-state index in [0.29, 0.717) is 8.95 Å². The molecule has 0 fully saturated rings. The lowest BCUT2D eigenvalue weighted by atomic mass is 10.3. The van der Waals surface area contributed by atoms with Crippen molar-refractivity contribution in [2.24, 2.45) is 0 Å². The van der Waals surface area contributed by atoms with Crippen molar-refractivity contribution in [3.8, 4) is 0 Å². The van der Waals surface area contributed by atoms with Crippen LogP contribution in [0.25, 0.3) is 0 Å². The van der Waals surface area contributed by atoms with Crippen molar-refractivity contribution in [3.05, 3.63) is 26.4 Å². The van der Waals surface area contributed by atoms with E-state index in [-0.39, 0.29) is 5.69 Å². The highest BCUT2D eigenvalue weighted by atomic mass is 79.9. The molecule has 0 amide bonds. The number of hydrogen-bond acceptors (Lipinski definition) is 1. The Morgan fingerprint density at radius 3 is 2.42 bits per heavy atom. The summed E-state index contributed by atoms with van der Waals surface area (Å²) in [4.78, 5) is 3.61. The third-order valence-corrected chi connectivity index (χ3v) is 3.72. The average molecular weight is 301 g/mol. The largest absolute Gasteiger partial charge is 0.281 e. The molecule has 0 unspecified atom stereocenters. The minimum Gasteiger partial charge on any atom is -0.254 e. The fourth-order valence-electron chi connectivity index (χ4n) is 0.717. The maximum atomic E-state index is 12.2. The Labute approximate surface area is 85.4 Å². The zero-order valence-corrected chi connectivity index (χ0v) is 9.29. The predicted octanol–water partition coefficient (Wildman–Crippen LogP) is 3.85. The van der Waals surface area contributed by atoms with Gasteiger partial charge in [0.2, 0.25) is 0 Å². The molecule has 12 heavy (non-hydrogen) atoms. The molecular weight excluding hydrogens is 296 g/mol. The first-order chi connectivity index (χ1) is 5.54. The van der Waals surface area contributed by atoms with Crippen molar-refractivity contribution >= 4 is 31.9 Å². The summed E-state index contributed by atoms with van der Waals surface area (Å²) in [5, 5.41) is 0. The van der Waals surface area contributed by atoms with Crippen molar-refractivity contribution in [3.63, 3.8) is 0 Å². The summed E-state index contributed by atoms with van der Waals surface area (Å²) in [5.41, 5.74) is 0.596. The molecule has 0 saturated carbocycles. The van der Waals surface area contributed by atoms with Crippen LogP contribution in [0.3, 0.4) is 0 Å². The van der Waals surface area contributed by atoms with Crippen molar-refractivity contribution in [2.45, 2.75) is 13.3 Å². The Hall–Kier alpha value is -0.0300. The maximum Gasteiger partial charge on any atom is 0.281 e. The van der Waals surface area contributed by atoms with Gasteiger partial charge in [0.15, 0.2) is 0 Å². The molecule has 0 N–H and O–H groups in total. The highest BCUT2D eigenvalue weighted by molar-refractivity contribution is 9.13. The highest BCUT2D eigenvalue weighted by Crippen LogP contribution is 2.33. The molecular formula is C7H5Br2F2N. The van der Waals surface area contributed by atoms with Crippen LogP contribution in [0.1, 0.15) is 17.7 Å². The van der Waals surface area contributed by atoms with Gasteiger partial charge in [-0.25, -0.2) is 8.78 Å². The van der Waals surface area contributed by atoms with Gasteiger partial charge in [0.25, 0.3) is 6.43 Å². The van der Waals surface area contributed by atoms with Gasteiger partial charge < -0.3 is 0 Å². The Morgan fingerprint density at radius 1 is 1.33 bits per heavy atom. The zero-order valence-electron chi connectivity index (χ0n) is 6.11. The van der Waals surface area contributed by atoms with Crippen LogP contribution in [-0.4, -0.2) is 4.98 Å². The van der Waals surface area contributed by atoms with E-state index in [1.165, 1.54) is 6.20 Å². The molecule has 0 aliphatic heterocycles. The maximum absolute atomic E-state index is 12.2. The van der Waals surface area contributed by atoms with Crippen molar-refractivity contribution in [2.75, 3.05) is 0 Å². The molecule has 1 rings (SSSR count). The van der Waals surface area contributed by atoms with Gasteiger partial charge in [-0.3, -0.25) is 4.98 Å². The van der Waals surface area contributed by atoms with Crippen molar-refractivity contribution in [1.82, 2.24) is 4.98 Å². The van der Waals surface area contributed by atoms with Gasteiger partial charge in [-0.05, 0) is 44.3 Å². The van der Waals surface area contributed by atoms with E-state index in [1.54, 1.807) is 6.92 Å². The topological polar surface area (TPSA) is 12.9 Å². The molecule has 0 aliphatic rings. The van der Waals surface area contributed by atoms with E-state index in [1.807, 2.05) is 0 Å². The van der Waals surface area contributed by atoms with Gasteiger partial charge in [-0.15, -0.1) is 0 Å². The SMILES string of the molecule is Cc1cnc(C(F)F)c(Br)c1Br. The molecule has 1 heterocycles. The molecule has 0 saturated heterocycles. The smallest absolute Gasteiger partial charge is 0.254 e. The van der Waals surface area contributed by atoms with E-state index < -0.39 is 6.43 Å². The Balaban J connectivity index is 3.27. The zero-order chi connectivity index (χ0) is 9.30. The number of rotatable bonds is 1. The average Bonchev–Trinajstić information content (AvgIpc) is 2.00. The number of pyridine rings is 1. The fourth-order valence-corrected chi connectivity index (χ4v) is 1.61. The van der Waals surface area contributed by atoms with E-state index in [9.17, 15) is 8.78 Å². The number of nitrogens with zero attached hydrogens (tertiary/aromatic N) is 1. The van der Waals surface area contributed by atoms with Crippen LogP contribution >= 0.6 is 31.9 Å². The number of halogens is 4. The first-order valence-electron chi connectivity index (χ1n) is 3.12. The Morgan fingerprint density at radius 2 is 1.92 bits per heavy atom. The highest BCUT2D eigenvalue weighted by Gasteiger charge is 2.16. The van der Waals surface area contributed by atoms with Gasteiger partial charge in [-0.2, -0.15) is 0 Å². The summed E-state index contributed by atoms with van der Waals surface area (Å²) in [6.45, 7) is 1.79. The van der Waals surface area contributed by atoms with Crippen LogP contribution in [0.5, 0.6) is 0 Å². The quantitative estimate of drug-likeness (QED) is 0.767. The molecule has 0 bridgehead atoms. The van der Waals surface area contributed by atoms with Gasteiger partial charge in [-0.1, -0.05) is 0 Å². The van der Waals surface area contributed by atoms with Crippen molar-refractivity contribution in [1.29, 1.82) is 0 Å². The predicted molar refractivity (Wildman–Crippen MR) is 49.3 cm³/mol. The first-order valence-corrected chi connectivity index (χ1v) is 4.71. The summed E-state index contributed by atoms with van der Waals surface area (Å²) in [6.07, 6.45) is -1.13. The molecule has 1 nitrogen and oxygen atoms in total. The molecule has 0 radical (unpaired) electrons. The first kappa shape index (κ1) is 10.1. The van der Waals surface area contributed by atoms with E-state index in [0.717, 1.165) is 5.56 Å². The minimum atomic E-state index is -2.55. The second-order valence-electron chi connectivity index (χ2n) is 2.26. The molecule has 1 aromatic heterocycles. The van der Waals surface area contributed by atoms with Crippen LogP contribution in [0.2, 0.25) is 0 Å². The van der Waals surface area contributed by atoms with Crippen LogP contribution < -0.4 is 0 Å². The number of hydrogen-bond donors (Lipinski definition) is 0. The molecule has 1 aromatic rings. The number of aryl methyl sites for hydroxylation is 1. The lowest BCUT2D eigenvalue weighted by molar-refractivity contribution is 0.145. The lowest BCUT2D eigenvalue weighted by Crippen LogP contribution is -1.93. The summed E-state index contributed by atoms with van der Waals surface area (Å²) in [6, 6.07) is 0. The monoisotopic (exact) mass is 299 g/mol. The molecule has 0 atom stereocenters. The third-order valence-electron chi connectivity index (χ3n) is 1.37. The Bertz CT molecular complexity index is 302. The van der Waals surface area contributed by atoms with Gasteiger partial charge in [0.05, 0.1) is 4.47 Å². The molecule has 5 heteroatoms. The van der Waals surface area contributed by atoms with Gasteiger partial charge >= 0.3 is 0 Å². The van der Waals surface area contributed by atoms with Crippen molar-refractivity contribution < 1.29 is 8.78 Å². The summed E-state index contributed by atoms with van der Waals surface area (Å²) >= 11 is 6.22. The second-order valence-corrected chi connectivity index (χ2v) is 3.84. The van der Waals surface area contributed by atoms with Crippen LogP contribution in [-0.2, 0) is 0 Å². The van der Waals surface area contributed by atoms with Crippen LogP contribution in [0.4, 0.5) is 8.78 Å². The molecule has 0 spiro atoms. The lowest BCUT2D eigenvalue weighted by Gasteiger charge is -2.05. The second kappa shape index (κ2) is 3.79. The van der Waals surface area contributed by atoms with Gasteiger partial charge in [0.1, 0.15) is 5.69 Å². The van der Waals surface area contributed by atoms with E-state index in [2.05, 4.69) is 36.8 Å². The normalized spacial score (nSPS) is 10.8. The summed E-state index contributed by atoms with van der Waals surface area (Å²) in [5.74, 6) is 0. The van der Waals surface area contributed by atoms with Crippen LogP contribution in [0, 0.1) is 6.92 Å². The number of alkyl halides is 2. The van der Waals surface area contributed by atoms with E-state index >= 15 is 0 Å². The molecule has 0 aliphatic carbocycles. The molecule has 0 aromatic carbocycles. The standard InChI is InChI=1S/C7H5Br2F2N/c1-3-2-12-6(7(10)11)5(9)4(3)8/h2,7H,1H3. The van der Waals surface area contributed by atoms with Crippen LogP contribution in [0.15, 0.2) is 15.1 Å². The Kier molecular flexibility index (Phi) is 3.17. The third kappa shape index (κ3) is 1.82. The summed E-state index contributed by atoms with van der Waals surface area (Å²) in [7, 11) is 0. The fraction of sp³-hybridized carbons (Fsp3) is 0.286. The number of aromatic nitrogens is 1. The van der Waals surface area contributed by atoms with Gasteiger partial charge in [0, 0.05) is 10.7 Å². The van der Waals surface area contributed by atoms with E-state index in [4.69, 9.17) is 0 Å². The summed E-state index contributed by atoms with van der Waals surface area (Å²) < 4.78 is 25.4. The minimum absolute atomic E-state index is 0.229. The molecule has 66 valence electrons.